The van der Waals surface area contributed by atoms with Gasteiger partial charge < -0.3 is 4.74 Å². The molecule has 0 unspecified atom stereocenters. The van der Waals surface area contributed by atoms with Crippen LogP contribution in [-0.4, -0.2) is 17.5 Å². The Labute approximate surface area is 104 Å². The van der Waals surface area contributed by atoms with Crippen LogP contribution in [0.25, 0.3) is 0 Å². The van der Waals surface area contributed by atoms with Gasteiger partial charge in [-0.1, -0.05) is 6.92 Å². The molecule has 0 aliphatic rings. The molecule has 0 saturated carbocycles. The number of nitrogens with zero attached hydrogens (tertiary/aromatic N) is 2. The molecule has 1 aromatic rings. The number of carbonyl (C=O) groups is 1. The molecule has 0 bridgehead atoms. The number of nitro groups is 1. The van der Waals surface area contributed by atoms with Crippen molar-refractivity contribution in [3.05, 3.63) is 38.9 Å². The Kier molecular flexibility index (Phi) is 4.38. The average molecular weight is 248 g/mol. The number of nitro benzene ring substituents is 1. The molecule has 6 nitrogen and oxygen atoms in total. The van der Waals surface area contributed by atoms with Gasteiger partial charge in [0.05, 0.1) is 17.1 Å². The largest absolute Gasteiger partial charge is 0.462 e. The lowest BCUT2D eigenvalue weighted by atomic mass is 9.99. The summed E-state index contributed by atoms with van der Waals surface area (Å²) in [6, 6.07) is 4.41. The Morgan fingerprint density at radius 2 is 2.17 bits per heavy atom. The zero-order valence-electron chi connectivity index (χ0n) is 10.1. The van der Waals surface area contributed by atoms with E-state index in [1.54, 1.807) is 19.9 Å². The Morgan fingerprint density at radius 3 is 2.61 bits per heavy atom. The van der Waals surface area contributed by atoms with Crippen molar-refractivity contribution in [2.24, 2.45) is 0 Å². The van der Waals surface area contributed by atoms with E-state index in [2.05, 4.69) is 0 Å². The van der Waals surface area contributed by atoms with Gasteiger partial charge in [0.15, 0.2) is 0 Å². The third-order valence-corrected chi connectivity index (χ3v) is 2.43. The molecule has 0 atom stereocenters. The number of hydrogen-bond donors (Lipinski definition) is 0. The Bertz CT molecular complexity index is 532. The molecule has 0 spiro atoms. The first-order valence-electron chi connectivity index (χ1n) is 5.44. The molecule has 0 aliphatic heterocycles. The van der Waals surface area contributed by atoms with Crippen molar-refractivity contribution in [2.45, 2.75) is 20.3 Å². The molecule has 1 rings (SSSR count). The van der Waals surface area contributed by atoms with E-state index < -0.39 is 10.9 Å². The maximum absolute atomic E-state index is 11.7. The highest BCUT2D eigenvalue weighted by atomic mass is 16.6. The van der Waals surface area contributed by atoms with E-state index in [9.17, 15) is 14.9 Å². The summed E-state index contributed by atoms with van der Waals surface area (Å²) in [7, 11) is 0. The lowest BCUT2D eigenvalue weighted by molar-refractivity contribution is -0.385. The number of carbonyl (C=O) groups excluding carboxylic acids is 1. The zero-order valence-corrected chi connectivity index (χ0v) is 10.1. The Balaban J connectivity index is 3.48. The molecule has 0 amide bonds. The summed E-state index contributed by atoms with van der Waals surface area (Å²) >= 11 is 0. The van der Waals surface area contributed by atoms with Crippen molar-refractivity contribution in [2.75, 3.05) is 6.61 Å². The van der Waals surface area contributed by atoms with Crippen LogP contribution in [0.15, 0.2) is 12.1 Å². The van der Waals surface area contributed by atoms with Crippen LogP contribution in [0.3, 0.4) is 0 Å². The minimum Gasteiger partial charge on any atom is -0.462 e. The van der Waals surface area contributed by atoms with Gasteiger partial charge in [-0.2, -0.15) is 5.26 Å². The van der Waals surface area contributed by atoms with Gasteiger partial charge in [-0.3, -0.25) is 10.1 Å². The van der Waals surface area contributed by atoms with Crippen LogP contribution in [0.1, 0.15) is 35.3 Å². The van der Waals surface area contributed by atoms with Crippen molar-refractivity contribution in [1.29, 1.82) is 5.26 Å². The summed E-state index contributed by atoms with van der Waals surface area (Å²) in [6.07, 6.45) is 0.278. The fourth-order valence-corrected chi connectivity index (χ4v) is 1.69. The first kappa shape index (κ1) is 13.6. The maximum atomic E-state index is 11.7. The second-order valence-corrected chi connectivity index (χ2v) is 3.43. The van der Waals surface area contributed by atoms with Gasteiger partial charge in [0.1, 0.15) is 11.6 Å². The molecular weight excluding hydrogens is 236 g/mol. The third kappa shape index (κ3) is 2.46. The highest BCUT2D eigenvalue weighted by Crippen LogP contribution is 2.27. The number of nitriles is 1. The summed E-state index contributed by atoms with van der Waals surface area (Å²) in [5.74, 6) is -0.609. The minimum atomic E-state index is -0.639. The van der Waals surface area contributed by atoms with Gasteiger partial charge in [0, 0.05) is 5.56 Å². The normalized spacial score (nSPS) is 9.61. The standard InChI is InChI=1S/C12H12N2O4/c1-3-9-10(12(15)18-4-2)6-5-8(7-13)11(9)14(16)17/h5-6H,3-4H2,1-2H3. The highest BCUT2D eigenvalue weighted by molar-refractivity contribution is 5.93. The molecule has 6 heteroatoms. The fourth-order valence-electron chi connectivity index (χ4n) is 1.69. The van der Waals surface area contributed by atoms with E-state index in [0.29, 0.717) is 0 Å². The SMILES string of the molecule is CCOC(=O)c1ccc(C#N)c([N+](=O)[O-])c1CC. The molecule has 0 fully saturated rings. The van der Waals surface area contributed by atoms with E-state index >= 15 is 0 Å². The third-order valence-electron chi connectivity index (χ3n) is 2.43. The summed E-state index contributed by atoms with van der Waals surface area (Å²) in [6.45, 7) is 3.53. The molecule has 0 N–H and O–H groups in total. The first-order chi connectivity index (χ1) is 8.56. The average Bonchev–Trinajstić information content (AvgIpc) is 2.36. The Morgan fingerprint density at radius 1 is 1.50 bits per heavy atom. The van der Waals surface area contributed by atoms with Gasteiger partial charge >= 0.3 is 5.97 Å². The molecule has 0 aromatic heterocycles. The van der Waals surface area contributed by atoms with E-state index in [1.807, 2.05) is 0 Å². The summed E-state index contributed by atoms with van der Waals surface area (Å²) in [5.41, 5.74) is 0.0120. The van der Waals surface area contributed by atoms with Crippen molar-refractivity contribution in [3.8, 4) is 6.07 Å². The van der Waals surface area contributed by atoms with Crippen LogP contribution >= 0.6 is 0 Å². The topological polar surface area (TPSA) is 93.2 Å². The molecule has 1 aromatic carbocycles. The molecule has 0 heterocycles. The van der Waals surface area contributed by atoms with E-state index in [0.717, 1.165) is 0 Å². The van der Waals surface area contributed by atoms with Crippen LogP contribution in [0.4, 0.5) is 5.69 Å². The summed E-state index contributed by atoms with van der Waals surface area (Å²) in [4.78, 5) is 22.0. The second kappa shape index (κ2) is 5.77. The van der Waals surface area contributed by atoms with Gasteiger partial charge in [-0.05, 0) is 25.5 Å². The molecule has 0 aliphatic carbocycles. The van der Waals surface area contributed by atoms with Gasteiger partial charge in [-0.25, -0.2) is 4.79 Å². The lowest BCUT2D eigenvalue weighted by Crippen LogP contribution is -2.10. The second-order valence-electron chi connectivity index (χ2n) is 3.43. The van der Waals surface area contributed by atoms with Crippen LogP contribution < -0.4 is 0 Å². The molecule has 0 radical (unpaired) electrons. The van der Waals surface area contributed by atoms with Crippen LogP contribution in [-0.2, 0) is 11.2 Å². The Hall–Kier alpha value is -2.42. The maximum Gasteiger partial charge on any atom is 0.338 e. The smallest absolute Gasteiger partial charge is 0.338 e. The molecule has 0 saturated heterocycles. The van der Waals surface area contributed by atoms with Crippen molar-refractivity contribution < 1.29 is 14.5 Å². The number of ether oxygens (including phenoxy) is 1. The van der Waals surface area contributed by atoms with E-state index in [1.165, 1.54) is 12.1 Å². The van der Waals surface area contributed by atoms with Crippen LogP contribution in [0, 0.1) is 21.4 Å². The number of benzene rings is 1. The van der Waals surface area contributed by atoms with Gasteiger partial charge in [-0.15, -0.1) is 0 Å². The van der Waals surface area contributed by atoms with Crippen molar-refractivity contribution in [3.63, 3.8) is 0 Å². The van der Waals surface area contributed by atoms with Crippen molar-refractivity contribution in [1.82, 2.24) is 0 Å². The van der Waals surface area contributed by atoms with Crippen LogP contribution in [0.2, 0.25) is 0 Å². The lowest BCUT2D eigenvalue weighted by Gasteiger charge is -2.08. The summed E-state index contributed by atoms with van der Waals surface area (Å²) < 4.78 is 4.83. The van der Waals surface area contributed by atoms with Gasteiger partial charge in [0.2, 0.25) is 0 Å². The highest BCUT2D eigenvalue weighted by Gasteiger charge is 2.25. The predicted molar refractivity (Wildman–Crippen MR) is 63.1 cm³/mol. The molecule has 94 valence electrons. The van der Waals surface area contributed by atoms with E-state index in [-0.39, 0.29) is 35.4 Å². The fraction of sp³-hybridized carbons (Fsp3) is 0.333. The minimum absolute atomic E-state index is 0.0510. The molecular formula is C12H12N2O4. The number of esters is 1. The number of hydrogen-bond acceptors (Lipinski definition) is 5. The monoisotopic (exact) mass is 248 g/mol. The first-order valence-corrected chi connectivity index (χ1v) is 5.44. The van der Waals surface area contributed by atoms with Crippen molar-refractivity contribution >= 4 is 11.7 Å². The number of rotatable bonds is 4. The summed E-state index contributed by atoms with van der Waals surface area (Å²) in [5, 5.41) is 19.8. The van der Waals surface area contributed by atoms with E-state index in [4.69, 9.17) is 10.00 Å². The van der Waals surface area contributed by atoms with Crippen LogP contribution in [0.5, 0.6) is 0 Å². The quantitative estimate of drug-likeness (QED) is 0.462. The molecule has 18 heavy (non-hydrogen) atoms. The zero-order chi connectivity index (χ0) is 13.7. The van der Waals surface area contributed by atoms with Gasteiger partial charge in [0.25, 0.3) is 5.69 Å². The predicted octanol–water partition coefficient (Wildman–Crippen LogP) is 2.21.